The standard InChI is InChI=1S/C14H19FN2/c15-12-6-4-5-11-9-16-10-13(14(11)12)17-7-2-1-3-8-17/h4-6,13,16H,1-3,7-10H2/p+2/t13-/m1/s1. The highest BCUT2D eigenvalue weighted by Gasteiger charge is 2.34. The van der Waals surface area contributed by atoms with Gasteiger partial charge in [0.05, 0.1) is 18.7 Å². The fourth-order valence-electron chi connectivity index (χ4n) is 3.40. The summed E-state index contributed by atoms with van der Waals surface area (Å²) in [7, 11) is 0. The number of nitrogens with one attached hydrogen (secondary N) is 1. The van der Waals surface area contributed by atoms with Crippen LogP contribution in [0, 0.1) is 5.82 Å². The van der Waals surface area contributed by atoms with Crippen molar-refractivity contribution in [3.63, 3.8) is 0 Å². The van der Waals surface area contributed by atoms with Crippen molar-refractivity contribution in [2.75, 3.05) is 19.6 Å². The second-order valence-corrected chi connectivity index (χ2v) is 5.31. The molecule has 1 atom stereocenters. The van der Waals surface area contributed by atoms with Crippen LogP contribution in [0.1, 0.15) is 36.4 Å². The molecule has 1 saturated heterocycles. The van der Waals surface area contributed by atoms with E-state index >= 15 is 0 Å². The highest BCUT2D eigenvalue weighted by atomic mass is 19.1. The third-order valence-electron chi connectivity index (χ3n) is 4.25. The number of piperidine rings is 1. The average molecular weight is 236 g/mol. The number of rotatable bonds is 1. The SMILES string of the molecule is Fc1cccc2c1[C@H]([NH+]1CCCCC1)C[NH2+]C2. The van der Waals surface area contributed by atoms with Crippen LogP contribution in [0.15, 0.2) is 18.2 Å². The second-order valence-electron chi connectivity index (χ2n) is 5.31. The maximum Gasteiger partial charge on any atom is 0.166 e. The smallest absolute Gasteiger partial charge is 0.166 e. The first-order valence-corrected chi connectivity index (χ1v) is 6.80. The Morgan fingerprint density at radius 1 is 1.18 bits per heavy atom. The molecule has 2 heterocycles. The van der Waals surface area contributed by atoms with Crippen molar-refractivity contribution in [2.24, 2.45) is 0 Å². The largest absolute Gasteiger partial charge is 0.337 e. The van der Waals surface area contributed by atoms with Gasteiger partial charge in [-0.1, -0.05) is 12.1 Å². The van der Waals surface area contributed by atoms with Crippen LogP contribution >= 0.6 is 0 Å². The Hall–Kier alpha value is -0.930. The maximum absolute atomic E-state index is 14.0. The number of quaternary nitrogens is 2. The molecular weight excluding hydrogens is 215 g/mol. The molecule has 2 aliphatic heterocycles. The minimum absolute atomic E-state index is 0.0127. The molecule has 3 rings (SSSR count). The van der Waals surface area contributed by atoms with Gasteiger partial charge in [-0.05, 0) is 25.3 Å². The summed E-state index contributed by atoms with van der Waals surface area (Å²) in [5.74, 6) is 0.0127. The van der Waals surface area contributed by atoms with Crippen molar-refractivity contribution >= 4 is 0 Å². The molecule has 92 valence electrons. The van der Waals surface area contributed by atoms with Crippen LogP contribution in [-0.2, 0) is 6.54 Å². The van der Waals surface area contributed by atoms with Crippen LogP contribution in [0.5, 0.6) is 0 Å². The summed E-state index contributed by atoms with van der Waals surface area (Å²) in [6.45, 7) is 4.42. The first kappa shape index (κ1) is 11.2. The van der Waals surface area contributed by atoms with E-state index in [-0.39, 0.29) is 5.82 Å². The van der Waals surface area contributed by atoms with Crippen LogP contribution in [0.4, 0.5) is 4.39 Å². The highest BCUT2D eigenvalue weighted by molar-refractivity contribution is 5.30. The predicted octanol–water partition coefficient (Wildman–Crippen LogP) is 0.0126. The van der Waals surface area contributed by atoms with Gasteiger partial charge in [0.15, 0.2) is 6.04 Å². The molecule has 1 aromatic carbocycles. The first-order valence-electron chi connectivity index (χ1n) is 6.80. The Bertz CT molecular complexity index is 399. The fraction of sp³-hybridized carbons (Fsp3) is 0.571. The van der Waals surface area contributed by atoms with E-state index in [1.54, 1.807) is 11.0 Å². The van der Waals surface area contributed by atoms with Gasteiger partial charge in [-0.3, -0.25) is 0 Å². The third kappa shape index (κ3) is 2.09. The van der Waals surface area contributed by atoms with Crippen molar-refractivity contribution in [1.29, 1.82) is 0 Å². The van der Waals surface area contributed by atoms with Crippen molar-refractivity contribution < 1.29 is 14.6 Å². The van der Waals surface area contributed by atoms with Gasteiger partial charge in [0.2, 0.25) is 0 Å². The monoisotopic (exact) mass is 236 g/mol. The Morgan fingerprint density at radius 3 is 2.82 bits per heavy atom. The molecule has 2 aliphatic rings. The number of likely N-dealkylation sites (tertiary alicyclic amines) is 1. The molecule has 0 bridgehead atoms. The highest BCUT2D eigenvalue weighted by Crippen LogP contribution is 2.21. The molecular formula is C14H21FN2+2. The van der Waals surface area contributed by atoms with Gasteiger partial charge in [0, 0.05) is 5.56 Å². The molecule has 0 aliphatic carbocycles. The summed E-state index contributed by atoms with van der Waals surface area (Å²) in [6.07, 6.45) is 3.95. The van der Waals surface area contributed by atoms with E-state index in [1.807, 2.05) is 6.07 Å². The van der Waals surface area contributed by atoms with E-state index in [1.165, 1.54) is 37.9 Å². The van der Waals surface area contributed by atoms with E-state index in [9.17, 15) is 4.39 Å². The summed E-state index contributed by atoms with van der Waals surface area (Å²) in [4.78, 5) is 1.60. The lowest BCUT2D eigenvalue weighted by molar-refractivity contribution is -0.952. The summed E-state index contributed by atoms with van der Waals surface area (Å²) in [5.41, 5.74) is 2.21. The van der Waals surface area contributed by atoms with E-state index in [2.05, 4.69) is 11.4 Å². The summed E-state index contributed by atoms with van der Waals surface area (Å²) in [6, 6.07) is 5.93. The molecule has 0 radical (unpaired) electrons. The summed E-state index contributed by atoms with van der Waals surface area (Å²) < 4.78 is 14.0. The molecule has 3 heteroatoms. The number of hydrogen-bond acceptors (Lipinski definition) is 0. The molecule has 0 amide bonds. The molecule has 0 unspecified atom stereocenters. The average Bonchev–Trinajstić information content (AvgIpc) is 2.39. The molecule has 2 nitrogen and oxygen atoms in total. The molecule has 17 heavy (non-hydrogen) atoms. The van der Waals surface area contributed by atoms with E-state index in [0.29, 0.717) is 6.04 Å². The van der Waals surface area contributed by atoms with Gasteiger partial charge >= 0.3 is 0 Å². The minimum Gasteiger partial charge on any atom is -0.337 e. The quantitative estimate of drug-likeness (QED) is 0.686. The van der Waals surface area contributed by atoms with E-state index < -0.39 is 0 Å². The van der Waals surface area contributed by atoms with Crippen LogP contribution in [-0.4, -0.2) is 19.6 Å². The van der Waals surface area contributed by atoms with Crippen LogP contribution in [0.25, 0.3) is 0 Å². The van der Waals surface area contributed by atoms with Gasteiger partial charge in [0.25, 0.3) is 0 Å². The zero-order chi connectivity index (χ0) is 11.7. The van der Waals surface area contributed by atoms with Crippen LogP contribution in [0.3, 0.4) is 0 Å². The molecule has 0 saturated carbocycles. The first-order chi connectivity index (χ1) is 8.36. The fourth-order valence-corrected chi connectivity index (χ4v) is 3.40. The number of hydrogen-bond donors (Lipinski definition) is 2. The Kier molecular flexibility index (Phi) is 3.12. The topological polar surface area (TPSA) is 21.1 Å². The number of benzene rings is 1. The van der Waals surface area contributed by atoms with Crippen molar-refractivity contribution in [3.8, 4) is 0 Å². The van der Waals surface area contributed by atoms with E-state index in [0.717, 1.165) is 18.7 Å². The summed E-state index contributed by atoms with van der Waals surface area (Å²) in [5, 5.41) is 2.33. The van der Waals surface area contributed by atoms with Gasteiger partial charge in [-0.25, -0.2) is 4.39 Å². The van der Waals surface area contributed by atoms with Gasteiger partial charge in [-0.15, -0.1) is 0 Å². The van der Waals surface area contributed by atoms with Crippen molar-refractivity contribution in [1.82, 2.24) is 0 Å². The van der Waals surface area contributed by atoms with Crippen molar-refractivity contribution in [2.45, 2.75) is 31.8 Å². The predicted molar refractivity (Wildman–Crippen MR) is 64.2 cm³/mol. The zero-order valence-electron chi connectivity index (χ0n) is 10.2. The molecule has 1 fully saturated rings. The molecule has 0 spiro atoms. The van der Waals surface area contributed by atoms with Crippen LogP contribution in [0.2, 0.25) is 0 Å². The zero-order valence-corrected chi connectivity index (χ0v) is 10.2. The summed E-state index contributed by atoms with van der Waals surface area (Å²) >= 11 is 0. The Balaban J connectivity index is 1.92. The second kappa shape index (κ2) is 4.75. The van der Waals surface area contributed by atoms with Crippen molar-refractivity contribution in [3.05, 3.63) is 35.1 Å². The van der Waals surface area contributed by atoms with Gasteiger partial charge in [0.1, 0.15) is 18.9 Å². The molecule has 3 N–H and O–H groups in total. The number of nitrogens with two attached hydrogens (primary N) is 1. The number of fused-ring (bicyclic) bond motifs is 1. The number of halogens is 1. The van der Waals surface area contributed by atoms with Crippen LogP contribution < -0.4 is 10.2 Å². The third-order valence-corrected chi connectivity index (χ3v) is 4.25. The lowest BCUT2D eigenvalue weighted by Gasteiger charge is -2.33. The Labute approximate surface area is 102 Å². The Morgan fingerprint density at radius 2 is 2.00 bits per heavy atom. The molecule has 0 aromatic heterocycles. The van der Waals surface area contributed by atoms with Gasteiger partial charge < -0.3 is 10.2 Å². The van der Waals surface area contributed by atoms with E-state index in [4.69, 9.17) is 0 Å². The normalized spacial score (nSPS) is 25.6. The van der Waals surface area contributed by atoms with Gasteiger partial charge in [-0.2, -0.15) is 0 Å². The molecule has 1 aromatic rings. The lowest BCUT2D eigenvalue weighted by Crippen LogP contribution is -3.16. The lowest BCUT2D eigenvalue weighted by atomic mass is 9.93. The maximum atomic E-state index is 14.0. The minimum atomic E-state index is 0.0127.